The molecule has 0 saturated carbocycles. The lowest BCUT2D eigenvalue weighted by molar-refractivity contribution is -0.145. The molecule has 22 heavy (non-hydrogen) atoms. The van der Waals surface area contributed by atoms with E-state index < -0.39 is 5.54 Å². The number of esters is 1. The molecule has 0 saturated heterocycles. The Morgan fingerprint density at radius 1 is 1.14 bits per heavy atom. The molecule has 0 N–H and O–H groups in total. The monoisotopic (exact) mass is 311 g/mol. The minimum atomic E-state index is -0.827. The van der Waals surface area contributed by atoms with E-state index in [1.807, 2.05) is 60.7 Å². The van der Waals surface area contributed by atoms with E-state index in [0.717, 1.165) is 16.2 Å². The van der Waals surface area contributed by atoms with Crippen molar-refractivity contribution in [3.63, 3.8) is 0 Å². The highest BCUT2D eigenvalue weighted by molar-refractivity contribution is 8.14. The van der Waals surface area contributed by atoms with Crippen LogP contribution in [0.5, 0.6) is 0 Å². The Labute approximate surface area is 134 Å². The van der Waals surface area contributed by atoms with Gasteiger partial charge in [0, 0.05) is 17.7 Å². The van der Waals surface area contributed by atoms with E-state index in [-0.39, 0.29) is 5.97 Å². The summed E-state index contributed by atoms with van der Waals surface area (Å²) in [6, 6.07) is 19.9. The Balaban J connectivity index is 1.95. The average Bonchev–Trinajstić information content (AvgIpc) is 3.01. The lowest BCUT2D eigenvalue weighted by atomic mass is 9.93. The molecule has 4 heteroatoms. The molecule has 0 spiro atoms. The van der Waals surface area contributed by atoms with Gasteiger partial charge in [-0.3, -0.25) is 4.99 Å². The fourth-order valence-corrected chi connectivity index (χ4v) is 3.77. The molecule has 0 fully saturated rings. The minimum Gasteiger partial charge on any atom is -0.467 e. The number of rotatable bonds is 4. The second-order valence-corrected chi connectivity index (χ2v) is 6.22. The maximum Gasteiger partial charge on any atom is 0.335 e. The van der Waals surface area contributed by atoms with Gasteiger partial charge in [0.25, 0.3) is 0 Å². The Kier molecular flexibility index (Phi) is 4.29. The van der Waals surface area contributed by atoms with Crippen molar-refractivity contribution in [3.05, 3.63) is 71.8 Å². The molecular weight excluding hydrogens is 294 g/mol. The molecule has 1 atom stereocenters. The first kappa shape index (κ1) is 14.9. The van der Waals surface area contributed by atoms with Crippen LogP contribution in [0, 0.1) is 0 Å². The third kappa shape index (κ3) is 2.92. The summed E-state index contributed by atoms with van der Waals surface area (Å²) >= 11 is 1.61. The molecule has 2 aromatic carbocycles. The van der Waals surface area contributed by atoms with Gasteiger partial charge in [0.05, 0.1) is 12.2 Å². The van der Waals surface area contributed by atoms with Gasteiger partial charge >= 0.3 is 5.97 Å². The van der Waals surface area contributed by atoms with Crippen molar-refractivity contribution in [3.8, 4) is 0 Å². The van der Waals surface area contributed by atoms with Gasteiger partial charge in [0.1, 0.15) is 0 Å². The maximum absolute atomic E-state index is 12.4. The molecule has 1 aliphatic rings. The van der Waals surface area contributed by atoms with E-state index in [2.05, 4.69) is 0 Å². The average molecular weight is 311 g/mol. The van der Waals surface area contributed by atoms with Gasteiger partial charge in [-0.2, -0.15) is 0 Å². The zero-order chi connectivity index (χ0) is 15.4. The number of methoxy groups -OCH3 is 1. The summed E-state index contributed by atoms with van der Waals surface area (Å²) < 4.78 is 5.03. The topological polar surface area (TPSA) is 38.7 Å². The van der Waals surface area contributed by atoms with E-state index in [1.54, 1.807) is 11.8 Å². The van der Waals surface area contributed by atoms with Crippen LogP contribution in [-0.2, 0) is 16.0 Å². The van der Waals surface area contributed by atoms with Crippen molar-refractivity contribution in [2.75, 3.05) is 12.9 Å². The van der Waals surface area contributed by atoms with Crippen LogP contribution in [0.2, 0.25) is 0 Å². The standard InChI is InChI=1S/C18H17NO2S/c1-21-17(20)18(12-14-8-4-2-5-9-14)13-22-16(19-18)15-10-6-3-7-11-15/h2-11H,12-13H2,1H3/t18-/m0/s1. The fourth-order valence-electron chi connectivity index (χ4n) is 2.57. The molecule has 0 amide bonds. The van der Waals surface area contributed by atoms with Crippen LogP contribution in [-0.4, -0.2) is 29.4 Å². The lowest BCUT2D eigenvalue weighted by Gasteiger charge is -2.22. The molecule has 2 aromatic rings. The van der Waals surface area contributed by atoms with Crippen molar-refractivity contribution < 1.29 is 9.53 Å². The summed E-state index contributed by atoms with van der Waals surface area (Å²) in [6.45, 7) is 0. The molecule has 3 rings (SSSR count). The number of nitrogens with zero attached hydrogens (tertiary/aromatic N) is 1. The maximum atomic E-state index is 12.4. The molecule has 112 valence electrons. The highest BCUT2D eigenvalue weighted by Gasteiger charge is 2.44. The fraction of sp³-hybridized carbons (Fsp3) is 0.222. The Morgan fingerprint density at radius 2 is 1.77 bits per heavy atom. The van der Waals surface area contributed by atoms with Gasteiger partial charge in [0.15, 0.2) is 5.54 Å². The predicted octanol–water partition coefficient (Wildman–Crippen LogP) is 3.33. The van der Waals surface area contributed by atoms with Crippen LogP contribution in [0.25, 0.3) is 0 Å². The molecule has 0 radical (unpaired) electrons. The Hall–Kier alpha value is -2.07. The zero-order valence-corrected chi connectivity index (χ0v) is 13.2. The van der Waals surface area contributed by atoms with Gasteiger partial charge in [-0.15, -0.1) is 11.8 Å². The van der Waals surface area contributed by atoms with Crippen molar-refractivity contribution in [2.45, 2.75) is 12.0 Å². The molecule has 3 nitrogen and oxygen atoms in total. The summed E-state index contributed by atoms with van der Waals surface area (Å²) in [5.41, 5.74) is 1.31. The minimum absolute atomic E-state index is 0.269. The number of benzene rings is 2. The van der Waals surface area contributed by atoms with Crippen LogP contribution in [0.15, 0.2) is 65.7 Å². The molecule has 0 bridgehead atoms. The van der Waals surface area contributed by atoms with E-state index in [1.165, 1.54) is 7.11 Å². The highest BCUT2D eigenvalue weighted by Crippen LogP contribution is 2.34. The number of hydrogen-bond donors (Lipinski definition) is 0. The molecule has 1 aliphatic heterocycles. The van der Waals surface area contributed by atoms with Crippen LogP contribution < -0.4 is 0 Å². The first-order valence-corrected chi connectivity index (χ1v) is 8.12. The molecular formula is C18H17NO2S. The van der Waals surface area contributed by atoms with Crippen LogP contribution in [0.1, 0.15) is 11.1 Å². The molecule has 0 aromatic heterocycles. The zero-order valence-electron chi connectivity index (χ0n) is 12.4. The lowest BCUT2D eigenvalue weighted by Crippen LogP contribution is -2.40. The van der Waals surface area contributed by atoms with E-state index in [0.29, 0.717) is 12.2 Å². The number of thioether (sulfide) groups is 1. The summed E-state index contributed by atoms with van der Waals surface area (Å²) in [6.07, 6.45) is 0.559. The third-order valence-electron chi connectivity index (χ3n) is 3.69. The summed E-state index contributed by atoms with van der Waals surface area (Å²) in [5, 5.41) is 0.905. The number of carbonyl (C=O) groups excluding carboxylic acids is 1. The van der Waals surface area contributed by atoms with Crippen LogP contribution >= 0.6 is 11.8 Å². The highest BCUT2D eigenvalue weighted by atomic mass is 32.2. The van der Waals surface area contributed by atoms with Gasteiger partial charge in [-0.25, -0.2) is 4.79 Å². The second-order valence-electron chi connectivity index (χ2n) is 5.26. The van der Waals surface area contributed by atoms with Crippen LogP contribution in [0.3, 0.4) is 0 Å². The van der Waals surface area contributed by atoms with Crippen molar-refractivity contribution >= 4 is 22.8 Å². The largest absolute Gasteiger partial charge is 0.467 e. The molecule has 1 heterocycles. The number of carbonyl (C=O) groups is 1. The summed E-state index contributed by atoms with van der Waals surface area (Å²) in [4.78, 5) is 17.1. The van der Waals surface area contributed by atoms with Crippen molar-refractivity contribution in [1.82, 2.24) is 0 Å². The smallest absolute Gasteiger partial charge is 0.335 e. The summed E-state index contributed by atoms with van der Waals surface area (Å²) in [5.74, 6) is 0.341. The number of hydrogen-bond acceptors (Lipinski definition) is 4. The quantitative estimate of drug-likeness (QED) is 0.813. The second kappa shape index (κ2) is 6.36. The van der Waals surface area contributed by atoms with E-state index in [4.69, 9.17) is 9.73 Å². The number of ether oxygens (including phenoxy) is 1. The van der Waals surface area contributed by atoms with Gasteiger partial charge in [-0.05, 0) is 5.56 Å². The first-order valence-electron chi connectivity index (χ1n) is 7.14. The molecule has 0 unspecified atom stereocenters. The van der Waals surface area contributed by atoms with Gasteiger partial charge < -0.3 is 4.74 Å². The normalized spacial score (nSPS) is 20.5. The van der Waals surface area contributed by atoms with E-state index in [9.17, 15) is 4.79 Å². The summed E-state index contributed by atoms with van der Waals surface area (Å²) in [7, 11) is 1.43. The Morgan fingerprint density at radius 3 is 2.41 bits per heavy atom. The predicted molar refractivity (Wildman–Crippen MR) is 90.3 cm³/mol. The number of aliphatic imine (C=N–C) groups is 1. The van der Waals surface area contributed by atoms with Crippen molar-refractivity contribution in [2.24, 2.45) is 4.99 Å². The van der Waals surface area contributed by atoms with Crippen LogP contribution in [0.4, 0.5) is 0 Å². The van der Waals surface area contributed by atoms with E-state index >= 15 is 0 Å². The SMILES string of the molecule is COC(=O)[C@]1(Cc2ccccc2)CSC(c2ccccc2)=N1. The van der Waals surface area contributed by atoms with Gasteiger partial charge in [0.2, 0.25) is 0 Å². The first-order chi connectivity index (χ1) is 10.7. The Bertz CT molecular complexity index is 685. The van der Waals surface area contributed by atoms with Crippen molar-refractivity contribution in [1.29, 1.82) is 0 Å². The third-order valence-corrected chi connectivity index (χ3v) is 4.91. The van der Waals surface area contributed by atoms with Gasteiger partial charge in [-0.1, -0.05) is 60.7 Å². The molecule has 0 aliphatic carbocycles.